The van der Waals surface area contributed by atoms with E-state index in [1.807, 2.05) is 0 Å². The molecule has 4 aliphatic rings. The molecule has 0 saturated heterocycles. The summed E-state index contributed by atoms with van der Waals surface area (Å²) in [6.45, 7) is 2.09. The number of hydrazone groups is 1. The van der Waals surface area contributed by atoms with Crippen molar-refractivity contribution in [3.63, 3.8) is 0 Å². The molecule has 0 atom stereocenters. The first-order valence-corrected chi connectivity index (χ1v) is 8.94. The van der Waals surface area contributed by atoms with Gasteiger partial charge in [-0.15, -0.1) is 0 Å². The molecule has 22 heavy (non-hydrogen) atoms. The van der Waals surface area contributed by atoms with Crippen LogP contribution in [0.1, 0.15) is 56.0 Å². The smallest absolute Gasteiger partial charge is 0.307 e. The van der Waals surface area contributed by atoms with E-state index in [1.54, 1.807) is 12.1 Å². The average molecular weight is 365 g/mol. The highest BCUT2D eigenvalue weighted by atomic mass is 79.9. The van der Waals surface area contributed by atoms with Crippen molar-refractivity contribution in [2.45, 2.75) is 45.4 Å². The molecule has 1 aromatic rings. The van der Waals surface area contributed by atoms with Crippen LogP contribution in [0.25, 0.3) is 0 Å². The highest BCUT2D eigenvalue weighted by Crippen LogP contribution is 2.60. The van der Waals surface area contributed by atoms with E-state index in [0.29, 0.717) is 4.67 Å². The van der Waals surface area contributed by atoms with Crippen LogP contribution in [0.4, 0.5) is 0 Å². The lowest BCUT2D eigenvalue weighted by Crippen LogP contribution is -2.49. The number of hydrogen-bond donors (Lipinski definition) is 1. The Morgan fingerprint density at radius 1 is 1.23 bits per heavy atom. The maximum absolute atomic E-state index is 12.1. The van der Waals surface area contributed by atoms with Gasteiger partial charge in [0.05, 0.1) is 0 Å². The molecule has 4 bridgehead atoms. The van der Waals surface area contributed by atoms with Crippen molar-refractivity contribution < 1.29 is 9.21 Å². The van der Waals surface area contributed by atoms with Crippen molar-refractivity contribution in [1.82, 2.24) is 5.43 Å². The maximum Gasteiger partial charge on any atom is 0.307 e. The van der Waals surface area contributed by atoms with Crippen LogP contribution in [0, 0.1) is 23.2 Å². The van der Waals surface area contributed by atoms with E-state index < -0.39 is 0 Å². The van der Waals surface area contributed by atoms with Gasteiger partial charge in [-0.3, -0.25) is 4.79 Å². The minimum absolute atomic E-state index is 0.242. The largest absolute Gasteiger partial charge is 0.444 e. The third-order valence-electron chi connectivity index (χ3n) is 5.93. The summed E-state index contributed by atoms with van der Waals surface area (Å²) in [7, 11) is 0. The fourth-order valence-electron chi connectivity index (χ4n) is 5.30. The molecule has 0 aromatic carbocycles. The number of rotatable bonds is 3. The van der Waals surface area contributed by atoms with Crippen LogP contribution in [-0.4, -0.2) is 11.6 Å². The molecule has 4 nitrogen and oxygen atoms in total. The molecule has 4 saturated carbocycles. The molecule has 4 fully saturated rings. The van der Waals surface area contributed by atoms with Crippen LogP contribution in [-0.2, 0) is 0 Å². The third-order valence-corrected chi connectivity index (χ3v) is 6.35. The standard InChI is InChI=1S/C17H21BrN2O2/c1-10(19-20-16(21)14-2-3-15(18)22-14)17-7-11-4-12(8-17)6-13(5-11)9-17/h2-3,11-13H,4-9H2,1H3,(H,20,21)/b19-10-. The minimum Gasteiger partial charge on any atom is -0.444 e. The molecule has 0 radical (unpaired) electrons. The predicted molar refractivity (Wildman–Crippen MR) is 87.6 cm³/mol. The number of carbonyl (C=O) groups excluding carboxylic acids is 1. The summed E-state index contributed by atoms with van der Waals surface area (Å²) >= 11 is 3.21. The van der Waals surface area contributed by atoms with Gasteiger partial charge in [0.15, 0.2) is 10.4 Å². The van der Waals surface area contributed by atoms with E-state index in [9.17, 15) is 4.79 Å². The van der Waals surface area contributed by atoms with Gasteiger partial charge in [-0.25, -0.2) is 5.43 Å². The van der Waals surface area contributed by atoms with Gasteiger partial charge in [-0.05, 0) is 91.3 Å². The lowest BCUT2D eigenvalue weighted by molar-refractivity contribution is -0.0128. The Morgan fingerprint density at radius 3 is 2.32 bits per heavy atom. The average Bonchev–Trinajstić information content (AvgIpc) is 2.89. The van der Waals surface area contributed by atoms with E-state index >= 15 is 0 Å². The summed E-state index contributed by atoms with van der Waals surface area (Å²) in [4.78, 5) is 12.1. The van der Waals surface area contributed by atoms with Crippen LogP contribution in [0.3, 0.4) is 0 Å². The summed E-state index contributed by atoms with van der Waals surface area (Å²) in [6, 6.07) is 3.36. The first kappa shape index (κ1) is 14.5. The molecule has 118 valence electrons. The van der Waals surface area contributed by atoms with E-state index in [4.69, 9.17) is 4.42 Å². The summed E-state index contributed by atoms with van der Waals surface area (Å²) in [5.74, 6) is 2.65. The van der Waals surface area contributed by atoms with Gasteiger partial charge in [0.2, 0.25) is 0 Å². The Balaban J connectivity index is 1.49. The van der Waals surface area contributed by atoms with Crippen molar-refractivity contribution in [2.24, 2.45) is 28.3 Å². The number of nitrogens with one attached hydrogen (secondary N) is 1. The number of nitrogens with zero attached hydrogens (tertiary/aromatic N) is 1. The van der Waals surface area contributed by atoms with Crippen molar-refractivity contribution in [2.75, 3.05) is 0 Å². The van der Waals surface area contributed by atoms with Gasteiger partial charge in [-0.1, -0.05) is 0 Å². The van der Waals surface area contributed by atoms with Gasteiger partial charge in [0.1, 0.15) is 0 Å². The Labute approximate surface area is 138 Å². The molecule has 1 amide bonds. The quantitative estimate of drug-likeness (QED) is 0.639. The molecule has 1 heterocycles. The zero-order chi connectivity index (χ0) is 15.3. The van der Waals surface area contributed by atoms with Crippen LogP contribution in [0.2, 0.25) is 0 Å². The lowest BCUT2D eigenvalue weighted by Gasteiger charge is -2.56. The van der Waals surface area contributed by atoms with Crippen LogP contribution < -0.4 is 5.43 Å². The molecular weight excluding hydrogens is 344 g/mol. The summed E-state index contributed by atoms with van der Waals surface area (Å²) in [5.41, 5.74) is 4.02. The molecule has 5 rings (SSSR count). The second-order valence-electron chi connectivity index (χ2n) is 7.44. The second-order valence-corrected chi connectivity index (χ2v) is 8.22. The molecule has 4 aliphatic carbocycles. The topological polar surface area (TPSA) is 54.6 Å². The van der Waals surface area contributed by atoms with Crippen molar-refractivity contribution in [3.05, 3.63) is 22.6 Å². The molecule has 0 aliphatic heterocycles. The molecular formula is C17H21BrN2O2. The third kappa shape index (κ3) is 2.43. The van der Waals surface area contributed by atoms with Gasteiger partial charge in [-0.2, -0.15) is 5.10 Å². The molecule has 1 N–H and O–H groups in total. The molecule has 0 unspecified atom stereocenters. The number of hydrogen-bond acceptors (Lipinski definition) is 3. The summed E-state index contributed by atoms with van der Waals surface area (Å²) in [5, 5.41) is 4.44. The summed E-state index contributed by atoms with van der Waals surface area (Å²) in [6.07, 6.45) is 8.03. The monoisotopic (exact) mass is 364 g/mol. The van der Waals surface area contributed by atoms with Gasteiger partial charge in [0, 0.05) is 11.1 Å². The van der Waals surface area contributed by atoms with Crippen molar-refractivity contribution in [1.29, 1.82) is 0 Å². The zero-order valence-corrected chi connectivity index (χ0v) is 14.4. The molecule has 0 spiro atoms. The Kier molecular flexibility index (Phi) is 3.44. The number of halogens is 1. The molecule has 5 heteroatoms. The number of amides is 1. The Morgan fingerprint density at radius 2 is 1.82 bits per heavy atom. The van der Waals surface area contributed by atoms with Crippen LogP contribution >= 0.6 is 15.9 Å². The normalized spacial score (nSPS) is 36.6. The van der Waals surface area contributed by atoms with E-state index in [-0.39, 0.29) is 17.1 Å². The number of furan rings is 1. The van der Waals surface area contributed by atoms with E-state index in [2.05, 4.69) is 33.4 Å². The van der Waals surface area contributed by atoms with Crippen LogP contribution in [0.5, 0.6) is 0 Å². The van der Waals surface area contributed by atoms with Gasteiger partial charge in [0.25, 0.3) is 0 Å². The Bertz CT molecular complexity index is 599. The fraction of sp³-hybridized carbons (Fsp3) is 0.647. The van der Waals surface area contributed by atoms with Gasteiger partial charge < -0.3 is 4.42 Å². The summed E-state index contributed by atoms with van der Waals surface area (Å²) < 4.78 is 5.82. The predicted octanol–water partition coefficient (Wildman–Crippen LogP) is 4.36. The first-order chi connectivity index (χ1) is 10.5. The zero-order valence-electron chi connectivity index (χ0n) is 12.8. The second kappa shape index (κ2) is 5.22. The van der Waals surface area contributed by atoms with Crippen molar-refractivity contribution >= 4 is 27.5 Å². The number of carbonyl (C=O) groups is 1. The van der Waals surface area contributed by atoms with Gasteiger partial charge >= 0.3 is 5.91 Å². The molecule has 1 aromatic heterocycles. The van der Waals surface area contributed by atoms with E-state index in [1.165, 1.54) is 38.5 Å². The minimum atomic E-state index is -0.283. The maximum atomic E-state index is 12.1. The van der Waals surface area contributed by atoms with E-state index in [0.717, 1.165) is 23.5 Å². The SMILES string of the molecule is C/C(=N/NC(=O)c1ccc(Br)o1)C12CC3CC(CC(C3)C1)C2. The highest BCUT2D eigenvalue weighted by Gasteiger charge is 2.52. The first-order valence-electron chi connectivity index (χ1n) is 8.14. The lowest BCUT2D eigenvalue weighted by atomic mass is 9.48. The highest BCUT2D eigenvalue weighted by molar-refractivity contribution is 9.10. The van der Waals surface area contributed by atoms with Crippen LogP contribution in [0.15, 0.2) is 26.3 Å². The fourth-order valence-corrected chi connectivity index (χ4v) is 5.60. The van der Waals surface area contributed by atoms with Crippen molar-refractivity contribution in [3.8, 4) is 0 Å². The Hall–Kier alpha value is -1.10.